The largest absolute Gasteiger partial charge is 0.439 e. The van der Waals surface area contributed by atoms with E-state index in [0.717, 1.165) is 0 Å². The van der Waals surface area contributed by atoms with Crippen LogP contribution in [0.2, 0.25) is 5.02 Å². The van der Waals surface area contributed by atoms with E-state index in [1.807, 2.05) is 0 Å². The lowest BCUT2D eigenvalue weighted by Crippen LogP contribution is -1.92. The molecule has 0 amide bonds. The molecule has 1 heterocycles. The van der Waals surface area contributed by atoms with Crippen molar-refractivity contribution in [2.45, 2.75) is 5.88 Å². The van der Waals surface area contributed by atoms with Gasteiger partial charge in [0.05, 0.1) is 16.6 Å². The van der Waals surface area contributed by atoms with Gasteiger partial charge < -0.3 is 4.74 Å². The Bertz CT molecular complexity index is 534. The van der Waals surface area contributed by atoms with Crippen molar-refractivity contribution >= 4 is 23.2 Å². The van der Waals surface area contributed by atoms with E-state index in [4.69, 9.17) is 27.9 Å². The second-order valence-electron chi connectivity index (χ2n) is 3.27. The zero-order valence-corrected chi connectivity index (χ0v) is 10.2. The summed E-state index contributed by atoms with van der Waals surface area (Å²) in [7, 11) is 0. The number of hydrogen-bond donors (Lipinski definition) is 0. The number of alkyl halides is 1. The topological polar surface area (TPSA) is 22.1 Å². The summed E-state index contributed by atoms with van der Waals surface area (Å²) >= 11 is 11.5. The second kappa shape index (κ2) is 5.34. The molecule has 0 aliphatic heterocycles. The van der Waals surface area contributed by atoms with Crippen LogP contribution in [0.5, 0.6) is 11.6 Å². The summed E-state index contributed by atoms with van der Waals surface area (Å²) in [5.41, 5.74) is 0.530. The monoisotopic (exact) mass is 271 g/mol. The highest BCUT2D eigenvalue weighted by Gasteiger charge is 2.05. The number of halogens is 3. The Morgan fingerprint density at radius 1 is 1.24 bits per heavy atom. The van der Waals surface area contributed by atoms with Gasteiger partial charge in [-0.1, -0.05) is 17.7 Å². The summed E-state index contributed by atoms with van der Waals surface area (Å²) in [5.74, 6) is 0.532. The van der Waals surface area contributed by atoms with Gasteiger partial charge in [0.2, 0.25) is 5.88 Å². The van der Waals surface area contributed by atoms with Gasteiger partial charge in [-0.25, -0.2) is 9.37 Å². The Kier molecular flexibility index (Phi) is 3.82. The molecule has 0 N–H and O–H groups in total. The van der Waals surface area contributed by atoms with Gasteiger partial charge >= 0.3 is 0 Å². The molecule has 0 spiro atoms. The molecular formula is C12H8Cl2FNO. The van der Waals surface area contributed by atoms with E-state index in [0.29, 0.717) is 22.3 Å². The lowest BCUT2D eigenvalue weighted by atomic mass is 10.3. The van der Waals surface area contributed by atoms with Gasteiger partial charge in [-0.15, -0.1) is 11.6 Å². The summed E-state index contributed by atoms with van der Waals surface area (Å²) in [6.07, 6.45) is 0. The molecular weight excluding hydrogens is 264 g/mol. The van der Waals surface area contributed by atoms with Crippen LogP contribution in [0, 0.1) is 5.82 Å². The van der Waals surface area contributed by atoms with Crippen molar-refractivity contribution in [1.29, 1.82) is 0 Å². The molecule has 1 aromatic carbocycles. The SMILES string of the molecule is Fc1cccc(Oc2ccc(Cl)c(CCl)n2)c1. The van der Waals surface area contributed by atoms with Crippen LogP contribution in [-0.2, 0) is 5.88 Å². The highest BCUT2D eigenvalue weighted by atomic mass is 35.5. The van der Waals surface area contributed by atoms with Crippen LogP contribution in [0.1, 0.15) is 5.69 Å². The fourth-order valence-corrected chi connectivity index (χ4v) is 1.71. The van der Waals surface area contributed by atoms with Gasteiger partial charge in [-0.2, -0.15) is 0 Å². The average molecular weight is 272 g/mol. The Morgan fingerprint density at radius 3 is 2.76 bits per heavy atom. The van der Waals surface area contributed by atoms with Crippen molar-refractivity contribution in [3.63, 3.8) is 0 Å². The maximum absolute atomic E-state index is 12.9. The van der Waals surface area contributed by atoms with Crippen LogP contribution in [0.3, 0.4) is 0 Å². The van der Waals surface area contributed by atoms with Gasteiger partial charge in [0.15, 0.2) is 0 Å². The molecule has 0 fully saturated rings. The Balaban J connectivity index is 2.24. The van der Waals surface area contributed by atoms with Gasteiger partial charge in [-0.3, -0.25) is 0 Å². The number of ether oxygens (including phenoxy) is 1. The maximum atomic E-state index is 12.9. The minimum atomic E-state index is -0.367. The van der Waals surface area contributed by atoms with Crippen LogP contribution in [0.4, 0.5) is 4.39 Å². The molecule has 0 aliphatic rings. The van der Waals surface area contributed by atoms with Crippen LogP contribution in [0.15, 0.2) is 36.4 Å². The molecule has 0 bridgehead atoms. The Morgan fingerprint density at radius 2 is 2.06 bits per heavy atom. The molecule has 0 radical (unpaired) electrons. The first-order chi connectivity index (χ1) is 8.19. The average Bonchev–Trinajstić information content (AvgIpc) is 2.32. The summed E-state index contributed by atoms with van der Waals surface area (Å²) in [6, 6.07) is 9.05. The smallest absolute Gasteiger partial charge is 0.219 e. The standard InChI is InChI=1S/C12H8Cl2FNO/c13-7-11-10(14)4-5-12(16-11)17-9-3-1-2-8(15)6-9/h1-6H,7H2. The van der Waals surface area contributed by atoms with E-state index >= 15 is 0 Å². The highest BCUT2D eigenvalue weighted by Crippen LogP contribution is 2.24. The fourth-order valence-electron chi connectivity index (χ4n) is 1.27. The minimum Gasteiger partial charge on any atom is -0.439 e. The van der Waals surface area contributed by atoms with Crippen molar-refractivity contribution < 1.29 is 9.13 Å². The van der Waals surface area contributed by atoms with Gasteiger partial charge in [-0.05, 0) is 18.2 Å². The molecule has 2 nitrogen and oxygen atoms in total. The first-order valence-corrected chi connectivity index (χ1v) is 5.75. The van der Waals surface area contributed by atoms with E-state index in [1.54, 1.807) is 24.3 Å². The fraction of sp³-hybridized carbons (Fsp3) is 0.0833. The van der Waals surface area contributed by atoms with Crippen LogP contribution in [-0.4, -0.2) is 4.98 Å². The number of rotatable bonds is 3. The quantitative estimate of drug-likeness (QED) is 0.772. The van der Waals surface area contributed by atoms with Crippen LogP contribution < -0.4 is 4.74 Å². The van der Waals surface area contributed by atoms with Crippen molar-refractivity contribution in [2.75, 3.05) is 0 Å². The lowest BCUT2D eigenvalue weighted by molar-refractivity contribution is 0.457. The first kappa shape index (κ1) is 12.1. The molecule has 0 saturated heterocycles. The molecule has 2 aromatic rings. The van der Waals surface area contributed by atoms with Crippen LogP contribution in [0.25, 0.3) is 0 Å². The van der Waals surface area contributed by atoms with E-state index in [1.165, 1.54) is 12.1 Å². The number of nitrogens with zero attached hydrogens (tertiary/aromatic N) is 1. The lowest BCUT2D eigenvalue weighted by Gasteiger charge is -2.06. The summed E-state index contributed by atoms with van der Waals surface area (Å²) < 4.78 is 18.3. The van der Waals surface area contributed by atoms with E-state index in [9.17, 15) is 4.39 Å². The summed E-state index contributed by atoms with van der Waals surface area (Å²) in [6.45, 7) is 0. The molecule has 0 atom stereocenters. The Hall–Kier alpha value is -1.32. The van der Waals surface area contributed by atoms with Crippen molar-refractivity contribution in [1.82, 2.24) is 4.98 Å². The molecule has 0 aliphatic carbocycles. The van der Waals surface area contributed by atoms with Crippen molar-refractivity contribution in [2.24, 2.45) is 0 Å². The number of pyridine rings is 1. The third kappa shape index (κ3) is 3.08. The summed E-state index contributed by atoms with van der Waals surface area (Å²) in [4.78, 5) is 4.11. The number of aromatic nitrogens is 1. The molecule has 1 aromatic heterocycles. The Labute approximate surface area is 108 Å². The van der Waals surface area contributed by atoms with Gasteiger partial charge in [0, 0.05) is 12.1 Å². The molecule has 88 valence electrons. The molecule has 17 heavy (non-hydrogen) atoms. The number of hydrogen-bond acceptors (Lipinski definition) is 2. The van der Waals surface area contributed by atoms with Gasteiger partial charge in [0.1, 0.15) is 11.6 Å². The molecule has 0 unspecified atom stereocenters. The third-order valence-electron chi connectivity index (χ3n) is 2.04. The zero-order valence-electron chi connectivity index (χ0n) is 8.66. The normalized spacial score (nSPS) is 10.3. The predicted octanol–water partition coefficient (Wildman–Crippen LogP) is 4.41. The molecule has 2 rings (SSSR count). The second-order valence-corrected chi connectivity index (χ2v) is 3.95. The van der Waals surface area contributed by atoms with E-state index < -0.39 is 0 Å². The van der Waals surface area contributed by atoms with E-state index in [-0.39, 0.29) is 11.7 Å². The third-order valence-corrected chi connectivity index (χ3v) is 2.64. The van der Waals surface area contributed by atoms with E-state index in [2.05, 4.69) is 4.98 Å². The minimum absolute atomic E-state index is 0.194. The predicted molar refractivity (Wildman–Crippen MR) is 65.3 cm³/mol. The number of benzene rings is 1. The molecule has 5 heteroatoms. The summed E-state index contributed by atoms with van der Waals surface area (Å²) in [5, 5.41) is 0.478. The maximum Gasteiger partial charge on any atom is 0.219 e. The van der Waals surface area contributed by atoms with Gasteiger partial charge in [0.25, 0.3) is 0 Å². The van der Waals surface area contributed by atoms with Crippen molar-refractivity contribution in [3.05, 3.63) is 52.9 Å². The first-order valence-electron chi connectivity index (χ1n) is 4.84. The van der Waals surface area contributed by atoms with Crippen molar-refractivity contribution in [3.8, 4) is 11.6 Å². The molecule has 0 saturated carbocycles. The highest BCUT2D eigenvalue weighted by molar-refractivity contribution is 6.32. The van der Waals surface area contributed by atoms with Crippen LogP contribution >= 0.6 is 23.2 Å². The zero-order chi connectivity index (χ0) is 12.3.